The summed E-state index contributed by atoms with van der Waals surface area (Å²) in [6.45, 7) is 12.8. The van der Waals surface area contributed by atoms with Crippen molar-refractivity contribution in [2.45, 2.75) is 72.2 Å². The van der Waals surface area contributed by atoms with Crippen LogP contribution in [0.4, 0.5) is 4.79 Å². The molecule has 1 aromatic carbocycles. The van der Waals surface area contributed by atoms with E-state index in [-0.39, 0.29) is 11.9 Å². The third-order valence-corrected chi connectivity index (χ3v) is 5.30. The molecule has 7 nitrogen and oxygen atoms in total. The van der Waals surface area contributed by atoms with Gasteiger partial charge in [0.25, 0.3) is 5.91 Å². The number of aryl methyl sites for hydroxylation is 2. The van der Waals surface area contributed by atoms with Gasteiger partial charge in [0.05, 0.1) is 13.1 Å². The Morgan fingerprint density at radius 1 is 1.21 bits per heavy atom. The van der Waals surface area contributed by atoms with Gasteiger partial charge in [0.15, 0.2) is 11.0 Å². The second-order valence-corrected chi connectivity index (χ2v) is 8.60. The molecule has 158 valence electrons. The molecule has 0 aliphatic carbocycles. The van der Waals surface area contributed by atoms with Crippen LogP contribution in [0.1, 0.15) is 57.8 Å². The zero-order chi connectivity index (χ0) is 21.2. The molecule has 0 atom stereocenters. The lowest BCUT2D eigenvalue weighted by molar-refractivity contribution is -0.668. The van der Waals surface area contributed by atoms with Crippen LogP contribution < -0.4 is 9.88 Å². The number of benzene rings is 1. The van der Waals surface area contributed by atoms with Gasteiger partial charge in [-0.25, -0.2) is 13.9 Å². The number of ether oxygens (including phenoxy) is 1. The average Bonchev–Trinajstić information content (AvgIpc) is 3.03. The second-order valence-electron chi connectivity index (χ2n) is 8.60. The van der Waals surface area contributed by atoms with Gasteiger partial charge in [0.1, 0.15) is 5.60 Å². The van der Waals surface area contributed by atoms with Gasteiger partial charge in [-0.2, -0.15) is 0 Å². The summed E-state index contributed by atoms with van der Waals surface area (Å²) in [4.78, 5) is 26.9. The summed E-state index contributed by atoms with van der Waals surface area (Å²) in [5.74, 6) is 0.0505. The fourth-order valence-electron chi connectivity index (χ4n) is 3.81. The predicted octanol–water partition coefficient (Wildman–Crippen LogP) is 3.10. The van der Waals surface area contributed by atoms with E-state index in [0.29, 0.717) is 18.7 Å². The van der Waals surface area contributed by atoms with Crippen molar-refractivity contribution in [1.29, 1.82) is 0 Å². The number of fused-ring (bicyclic) bond motifs is 1. The lowest BCUT2D eigenvalue weighted by Crippen LogP contribution is -2.47. The largest absolute Gasteiger partial charge is 0.444 e. The van der Waals surface area contributed by atoms with Crippen molar-refractivity contribution in [1.82, 2.24) is 14.8 Å². The Labute approximate surface area is 172 Å². The fraction of sp³-hybridized carbons (Fsp3) is 0.591. The predicted molar refractivity (Wildman–Crippen MR) is 112 cm³/mol. The molecular formula is C22H33N4O3+. The standard InChI is InChI=1S/C22H32N4O3/c1-6-24-15-25(7-2)19-14-16(8-9-18(19)24)20(27)26-12-10-17(11-13-26)23-21(28)29-22(3,4)5/h8-9,14-15,17H,6-7,10-13H2,1-5H3/p+1. The maximum absolute atomic E-state index is 13.0. The molecule has 29 heavy (non-hydrogen) atoms. The van der Waals surface area contributed by atoms with E-state index in [4.69, 9.17) is 4.74 Å². The summed E-state index contributed by atoms with van der Waals surface area (Å²) in [5, 5.41) is 2.92. The van der Waals surface area contributed by atoms with Gasteiger partial charge in [-0.05, 0) is 59.6 Å². The van der Waals surface area contributed by atoms with Crippen molar-refractivity contribution in [2.24, 2.45) is 0 Å². The number of likely N-dealkylation sites (tertiary alicyclic amines) is 1. The van der Waals surface area contributed by atoms with Crippen LogP contribution in [0.3, 0.4) is 0 Å². The van der Waals surface area contributed by atoms with Gasteiger partial charge in [-0.1, -0.05) is 0 Å². The summed E-state index contributed by atoms with van der Waals surface area (Å²) >= 11 is 0. The molecule has 7 heteroatoms. The summed E-state index contributed by atoms with van der Waals surface area (Å²) in [5.41, 5.74) is 2.44. The van der Waals surface area contributed by atoms with Gasteiger partial charge >= 0.3 is 6.09 Å². The lowest BCUT2D eigenvalue weighted by Gasteiger charge is -2.33. The molecule has 1 saturated heterocycles. The Hall–Kier alpha value is -2.57. The van der Waals surface area contributed by atoms with E-state index in [1.54, 1.807) is 0 Å². The van der Waals surface area contributed by atoms with Crippen LogP contribution in [0.25, 0.3) is 11.0 Å². The van der Waals surface area contributed by atoms with Crippen LogP contribution in [0.2, 0.25) is 0 Å². The first-order chi connectivity index (χ1) is 13.7. The van der Waals surface area contributed by atoms with Crippen LogP contribution in [0.5, 0.6) is 0 Å². The van der Waals surface area contributed by atoms with Crippen molar-refractivity contribution in [2.75, 3.05) is 13.1 Å². The Bertz CT molecular complexity index is 889. The van der Waals surface area contributed by atoms with E-state index in [9.17, 15) is 9.59 Å². The molecule has 1 fully saturated rings. The highest BCUT2D eigenvalue weighted by Gasteiger charge is 2.27. The minimum Gasteiger partial charge on any atom is -0.444 e. The number of piperidine rings is 1. The third-order valence-electron chi connectivity index (χ3n) is 5.30. The molecule has 0 unspecified atom stereocenters. The van der Waals surface area contributed by atoms with Gasteiger partial charge in [0, 0.05) is 30.8 Å². The monoisotopic (exact) mass is 401 g/mol. The molecular weight excluding hydrogens is 368 g/mol. The Morgan fingerprint density at radius 3 is 2.48 bits per heavy atom. The fourth-order valence-corrected chi connectivity index (χ4v) is 3.81. The molecule has 2 amide bonds. The minimum atomic E-state index is -0.508. The molecule has 2 heterocycles. The van der Waals surface area contributed by atoms with E-state index in [2.05, 4.69) is 34.6 Å². The van der Waals surface area contributed by atoms with Crippen molar-refractivity contribution < 1.29 is 18.9 Å². The van der Waals surface area contributed by atoms with Crippen molar-refractivity contribution in [3.63, 3.8) is 0 Å². The molecule has 3 rings (SSSR count). The summed E-state index contributed by atoms with van der Waals surface area (Å²) in [6.07, 6.45) is 3.17. The zero-order valence-corrected chi connectivity index (χ0v) is 18.2. The molecule has 1 N–H and O–H groups in total. The number of amides is 2. The first-order valence-electron chi connectivity index (χ1n) is 10.5. The number of nitrogens with zero attached hydrogens (tertiary/aromatic N) is 3. The number of aromatic nitrogens is 2. The maximum atomic E-state index is 13.0. The molecule has 2 aromatic rings. The van der Waals surface area contributed by atoms with Crippen molar-refractivity contribution in [3.05, 3.63) is 30.1 Å². The highest BCUT2D eigenvalue weighted by atomic mass is 16.6. The molecule has 1 aromatic heterocycles. The summed E-state index contributed by atoms with van der Waals surface area (Å²) in [6, 6.07) is 5.99. The SMILES string of the molecule is CCn1c[n+](CC)c2ccc(C(=O)N3CCC(NC(=O)OC(C)(C)C)CC3)cc21. The van der Waals surface area contributed by atoms with Gasteiger partial charge in [-0.15, -0.1) is 0 Å². The van der Waals surface area contributed by atoms with Crippen LogP contribution in [-0.2, 0) is 17.8 Å². The highest BCUT2D eigenvalue weighted by Crippen LogP contribution is 2.19. The second kappa shape index (κ2) is 8.43. The van der Waals surface area contributed by atoms with Crippen molar-refractivity contribution in [3.8, 4) is 0 Å². The molecule has 0 radical (unpaired) electrons. The van der Waals surface area contributed by atoms with Crippen LogP contribution in [0, 0.1) is 0 Å². The minimum absolute atomic E-state index is 0.0391. The van der Waals surface area contributed by atoms with E-state index >= 15 is 0 Å². The molecule has 0 saturated carbocycles. The topological polar surface area (TPSA) is 67.5 Å². The molecule has 1 aliphatic rings. The summed E-state index contributed by atoms with van der Waals surface area (Å²) in [7, 11) is 0. The van der Waals surface area contributed by atoms with Crippen LogP contribution >= 0.6 is 0 Å². The average molecular weight is 402 g/mol. The van der Waals surface area contributed by atoms with E-state index < -0.39 is 11.7 Å². The Morgan fingerprint density at radius 2 is 1.90 bits per heavy atom. The number of carbonyl (C=O) groups is 2. The molecule has 0 spiro atoms. The van der Waals surface area contributed by atoms with Gasteiger partial charge in [-0.3, -0.25) is 4.79 Å². The van der Waals surface area contributed by atoms with Crippen LogP contribution in [-0.4, -0.2) is 46.2 Å². The number of carbonyl (C=O) groups excluding carboxylic acids is 2. The van der Waals surface area contributed by atoms with Crippen molar-refractivity contribution >= 4 is 23.0 Å². The first-order valence-corrected chi connectivity index (χ1v) is 10.5. The lowest BCUT2D eigenvalue weighted by atomic mass is 10.0. The molecule has 0 bridgehead atoms. The summed E-state index contributed by atoms with van der Waals surface area (Å²) < 4.78 is 9.69. The maximum Gasteiger partial charge on any atom is 0.407 e. The Kier molecular flexibility index (Phi) is 6.15. The quantitative estimate of drug-likeness (QED) is 0.801. The normalized spacial score (nSPS) is 15.6. The van der Waals surface area contributed by atoms with E-state index in [1.165, 1.54) is 0 Å². The number of nitrogens with one attached hydrogen (secondary N) is 1. The highest BCUT2D eigenvalue weighted by molar-refractivity contribution is 5.97. The van der Waals surface area contributed by atoms with E-state index in [1.807, 2.05) is 43.9 Å². The molecule has 1 aliphatic heterocycles. The van der Waals surface area contributed by atoms with Gasteiger partial charge < -0.3 is 15.0 Å². The zero-order valence-electron chi connectivity index (χ0n) is 18.2. The number of alkyl carbamates (subject to hydrolysis) is 1. The van der Waals surface area contributed by atoms with Crippen LogP contribution in [0.15, 0.2) is 24.5 Å². The third kappa shape index (κ3) is 4.89. The first kappa shape index (κ1) is 21.1. The number of hydrogen-bond acceptors (Lipinski definition) is 3. The smallest absolute Gasteiger partial charge is 0.407 e. The van der Waals surface area contributed by atoms with E-state index in [0.717, 1.165) is 37.0 Å². The number of imidazole rings is 1. The number of rotatable bonds is 4. The number of hydrogen-bond donors (Lipinski definition) is 1. The Balaban J connectivity index is 1.64. The van der Waals surface area contributed by atoms with Gasteiger partial charge in [0.2, 0.25) is 6.33 Å².